The highest BCUT2D eigenvalue weighted by atomic mass is 15.2. The van der Waals surface area contributed by atoms with E-state index in [1.807, 2.05) is 0 Å². The summed E-state index contributed by atoms with van der Waals surface area (Å²) in [5, 5.41) is 0. The van der Waals surface area contributed by atoms with Crippen LogP contribution in [0.5, 0.6) is 0 Å². The maximum atomic E-state index is 2.66. The molecular formula is C13H27N. The normalized spacial score (nSPS) is 19.7. The largest absolute Gasteiger partial charge is 0.300 e. The minimum atomic E-state index is 0.680. The molecule has 1 aliphatic carbocycles. The second-order valence-corrected chi connectivity index (χ2v) is 5.58. The maximum absolute atomic E-state index is 2.66. The molecule has 0 saturated heterocycles. The molecule has 1 saturated carbocycles. The Labute approximate surface area is 89.9 Å². The predicted molar refractivity (Wildman–Crippen MR) is 63.5 cm³/mol. The van der Waals surface area contributed by atoms with Gasteiger partial charge in [0, 0.05) is 12.6 Å². The molecular weight excluding hydrogens is 170 g/mol. The van der Waals surface area contributed by atoms with E-state index in [1.165, 1.54) is 32.4 Å². The zero-order chi connectivity index (χ0) is 10.8. The van der Waals surface area contributed by atoms with Gasteiger partial charge in [0.05, 0.1) is 0 Å². The van der Waals surface area contributed by atoms with Crippen LogP contribution in [0.25, 0.3) is 0 Å². The van der Waals surface area contributed by atoms with Crippen molar-refractivity contribution in [2.24, 2.45) is 11.3 Å². The number of hydrogen-bond acceptors (Lipinski definition) is 1. The average molecular weight is 197 g/mol. The second kappa shape index (κ2) is 4.65. The molecule has 1 rings (SSSR count). The van der Waals surface area contributed by atoms with Crippen LogP contribution in [0.1, 0.15) is 53.9 Å². The number of rotatable bonds is 6. The van der Waals surface area contributed by atoms with Crippen molar-refractivity contribution in [3.05, 3.63) is 0 Å². The second-order valence-electron chi connectivity index (χ2n) is 5.58. The zero-order valence-corrected chi connectivity index (χ0v) is 10.6. The van der Waals surface area contributed by atoms with E-state index in [4.69, 9.17) is 0 Å². The Hall–Kier alpha value is -0.0400. The van der Waals surface area contributed by atoms with Crippen molar-refractivity contribution in [2.45, 2.75) is 59.9 Å². The fourth-order valence-electron chi connectivity index (χ4n) is 2.29. The molecule has 0 atom stereocenters. The number of hydrogen-bond donors (Lipinski definition) is 0. The van der Waals surface area contributed by atoms with Gasteiger partial charge in [0.15, 0.2) is 0 Å². The van der Waals surface area contributed by atoms with Crippen molar-refractivity contribution in [2.75, 3.05) is 13.1 Å². The summed E-state index contributed by atoms with van der Waals surface area (Å²) in [6, 6.07) is 0.714. The van der Waals surface area contributed by atoms with Gasteiger partial charge >= 0.3 is 0 Å². The summed E-state index contributed by atoms with van der Waals surface area (Å²) in [7, 11) is 0. The number of nitrogens with zero attached hydrogens (tertiary/aromatic N) is 1. The van der Waals surface area contributed by atoms with E-state index in [1.54, 1.807) is 0 Å². The fraction of sp³-hybridized carbons (Fsp3) is 1.00. The molecule has 0 aliphatic heterocycles. The van der Waals surface area contributed by atoms with E-state index in [-0.39, 0.29) is 0 Å². The van der Waals surface area contributed by atoms with Crippen LogP contribution < -0.4 is 0 Å². The summed E-state index contributed by atoms with van der Waals surface area (Å²) in [6.07, 6.45) is 4.20. The van der Waals surface area contributed by atoms with Crippen molar-refractivity contribution >= 4 is 0 Å². The highest BCUT2D eigenvalue weighted by Gasteiger charge is 2.46. The quantitative estimate of drug-likeness (QED) is 0.629. The van der Waals surface area contributed by atoms with Crippen molar-refractivity contribution in [3.8, 4) is 0 Å². The summed E-state index contributed by atoms with van der Waals surface area (Å²) < 4.78 is 0. The van der Waals surface area contributed by atoms with Crippen molar-refractivity contribution < 1.29 is 0 Å². The molecule has 0 aromatic heterocycles. The lowest BCUT2D eigenvalue weighted by molar-refractivity contribution is 0.152. The van der Waals surface area contributed by atoms with Gasteiger partial charge in [-0.05, 0) is 51.0 Å². The standard InChI is InChI=1S/C13H27N/c1-6-9-14(12(4)5)10-13(7-8-13)11(2)3/h11-12H,6-10H2,1-5H3. The maximum Gasteiger partial charge on any atom is 0.00431 e. The smallest absolute Gasteiger partial charge is 0.00431 e. The molecule has 0 N–H and O–H groups in total. The third kappa shape index (κ3) is 2.73. The molecule has 0 aromatic rings. The van der Waals surface area contributed by atoms with Gasteiger partial charge in [0.1, 0.15) is 0 Å². The first kappa shape index (κ1) is 12.0. The van der Waals surface area contributed by atoms with E-state index in [2.05, 4.69) is 39.5 Å². The van der Waals surface area contributed by atoms with Crippen LogP contribution in [-0.2, 0) is 0 Å². The molecule has 84 valence electrons. The molecule has 1 aliphatic rings. The first-order chi connectivity index (χ1) is 6.52. The highest BCUT2D eigenvalue weighted by Crippen LogP contribution is 2.52. The summed E-state index contributed by atoms with van der Waals surface area (Å²) in [4.78, 5) is 2.66. The Morgan fingerprint density at radius 2 is 1.71 bits per heavy atom. The van der Waals surface area contributed by atoms with E-state index < -0.39 is 0 Å². The van der Waals surface area contributed by atoms with Gasteiger partial charge in [-0.2, -0.15) is 0 Å². The Balaban J connectivity index is 2.47. The first-order valence-electron chi connectivity index (χ1n) is 6.26. The lowest BCUT2D eigenvalue weighted by Crippen LogP contribution is -2.38. The molecule has 0 bridgehead atoms. The summed E-state index contributed by atoms with van der Waals surface area (Å²) in [5.74, 6) is 0.862. The fourth-order valence-corrected chi connectivity index (χ4v) is 2.29. The molecule has 0 amide bonds. The summed E-state index contributed by atoms with van der Waals surface area (Å²) >= 11 is 0. The minimum absolute atomic E-state index is 0.680. The van der Waals surface area contributed by atoms with Crippen LogP contribution in [0.4, 0.5) is 0 Å². The Morgan fingerprint density at radius 1 is 1.14 bits per heavy atom. The van der Waals surface area contributed by atoms with Crippen LogP contribution in [0.15, 0.2) is 0 Å². The monoisotopic (exact) mass is 197 g/mol. The Morgan fingerprint density at radius 3 is 2.00 bits per heavy atom. The SMILES string of the molecule is CCCN(CC1(C(C)C)CC1)C(C)C. The molecule has 1 heteroatoms. The van der Waals surface area contributed by atoms with Gasteiger partial charge in [-0.25, -0.2) is 0 Å². The van der Waals surface area contributed by atoms with Crippen LogP contribution in [0.2, 0.25) is 0 Å². The van der Waals surface area contributed by atoms with Gasteiger partial charge in [0.2, 0.25) is 0 Å². The topological polar surface area (TPSA) is 3.24 Å². The van der Waals surface area contributed by atoms with Crippen molar-refractivity contribution in [1.82, 2.24) is 4.90 Å². The highest BCUT2D eigenvalue weighted by molar-refractivity contribution is 4.98. The summed E-state index contributed by atoms with van der Waals surface area (Å²) in [6.45, 7) is 14.3. The molecule has 0 radical (unpaired) electrons. The average Bonchev–Trinajstić information content (AvgIpc) is 2.84. The summed E-state index contributed by atoms with van der Waals surface area (Å²) in [5.41, 5.74) is 0.680. The molecule has 0 aromatic carbocycles. The lowest BCUT2D eigenvalue weighted by Gasteiger charge is -2.32. The van der Waals surface area contributed by atoms with E-state index in [0.29, 0.717) is 11.5 Å². The first-order valence-corrected chi connectivity index (χ1v) is 6.26. The third-order valence-electron chi connectivity index (χ3n) is 3.88. The van der Waals surface area contributed by atoms with E-state index in [9.17, 15) is 0 Å². The van der Waals surface area contributed by atoms with E-state index >= 15 is 0 Å². The molecule has 0 unspecified atom stereocenters. The van der Waals surface area contributed by atoms with Crippen molar-refractivity contribution in [1.29, 1.82) is 0 Å². The molecule has 0 spiro atoms. The molecule has 1 fully saturated rings. The third-order valence-corrected chi connectivity index (χ3v) is 3.88. The molecule has 1 nitrogen and oxygen atoms in total. The van der Waals surface area contributed by atoms with Crippen LogP contribution in [0, 0.1) is 11.3 Å². The van der Waals surface area contributed by atoms with Crippen LogP contribution in [-0.4, -0.2) is 24.0 Å². The van der Waals surface area contributed by atoms with E-state index in [0.717, 1.165) is 5.92 Å². The Bertz CT molecular complexity index is 168. The van der Waals surface area contributed by atoms with Gasteiger partial charge in [-0.1, -0.05) is 20.8 Å². The lowest BCUT2D eigenvalue weighted by atomic mass is 9.91. The van der Waals surface area contributed by atoms with Gasteiger partial charge in [0.25, 0.3) is 0 Å². The van der Waals surface area contributed by atoms with Gasteiger partial charge in [-0.3, -0.25) is 0 Å². The van der Waals surface area contributed by atoms with Crippen LogP contribution in [0.3, 0.4) is 0 Å². The van der Waals surface area contributed by atoms with Crippen LogP contribution >= 0.6 is 0 Å². The van der Waals surface area contributed by atoms with Gasteiger partial charge in [-0.15, -0.1) is 0 Å². The van der Waals surface area contributed by atoms with Gasteiger partial charge < -0.3 is 4.90 Å². The molecule has 0 heterocycles. The predicted octanol–water partition coefficient (Wildman–Crippen LogP) is 3.54. The van der Waals surface area contributed by atoms with Crippen molar-refractivity contribution in [3.63, 3.8) is 0 Å². The Kier molecular flexibility index (Phi) is 4.00. The minimum Gasteiger partial charge on any atom is -0.300 e. The molecule has 14 heavy (non-hydrogen) atoms. The zero-order valence-electron chi connectivity index (χ0n) is 10.6.